The molecule has 20 heavy (non-hydrogen) atoms. The molecule has 0 saturated carbocycles. The maximum absolute atomic E-state index is 10.8. The number of ether oxygens (including phenoxy) is 2. The molecule has 1 aliphatic heterocycles. The van der Waals surface area contributed by atoms with E-state index in [1.165, 1.54) is 5.56 Å². The van der Waals surface area contributed by atoms with E-state index in [-0.39, 0.29) is 5.92 Å². The van der Waals surface area contributed by atoms with Crippen LogP contribution in [0.2, 0.25) is 0 Å². The van der Waals surface area contributed by atoms with E-state index in [1.807, 2.05) is 12.1 Å². The quantitative estimate of drug-likeness (QED) is 0.797. The zero-order chi connectivity index (χ0) is 14.4. The number of hydrogen-bond acceptors (Lipinski definition) is 4. The van der Waals surface area contributed by atoms with Crippen molar-refractivity contribution in [2.24, 2.45) is 5.92 Å². The normalized spacial score (nSPS) is 19.6. The number of likely N-dealkylation sites (tertiary alicyclic amines) is 1. The molecule has 1 saturated heterocycles. The molecule has 1 aromatic rings. The highest BCUT2D eigenvalue weighted by atomic mass is 16.5. The molecule has 0 N–H and O–H groups in total. The Labute approximate surface area is 120 Å². The zero-order valence-corrected chi connectivity index (χ0v) is 12.2. The molecular formula is C16H22NO3. The van der Waals surface area contributed by atoms with Crippen molar-refractivity contribution >= 4 is 6.29 Å². The van der Waals surface area contributed by atoms with E-state index >= 15 is 0 Å². The number of methoxy groups -OCH3 is 2. The molecular weight excluding hydrogens is 254 g/mol. The van der Waals surface area contributed by atoms with Crippen molar-refractivity contribution in [3.05, 3.63) is 23.8 Å². The number of nitrogens with zero attached hydrogens (tertiary/aromatic N) is 1. The van der Waals surface area contributed by atoms with Crippen LogP contribution in [0.1, 0.15) is 18.4 Å². The third kappa shape index (κ3) is 3.73. The summed E-state index contributed by atoms with van der Waals surface area (Å²) in [5.41, 5.74) is 1.22. The van der Waals surface area contributed by atoms with Gasteiger partial charge in [-0.05, 0) is 43.5 Å². The van der Waals surface area contributed by atoms with Crippen LogP contribution < -0.4 is 9.47 Å². The Balaban J connectivity index is 1.91. The van der Waals surface area contributed by atoms with Crippen molar-refractivity contribution in [3.8, 4) is 11.5 Å². The lowest BCUT2D eigenvalue weighted by molar-refractivity contribution is 0.204. The van der Waals surface area contributed by atoms with Crippen LogP contribution in [-0.4, -0.2) is 45.0 Å². The van der Waals surface area contributed by atoms with Crippen LogP contribution in [-0.2, 0) is 11.2 Å². The number of piperidine rings is 1. The van der Waals surface area contributed by atoms with E-state index in [9.17, 15) is 4.79 Å². The van der Waals surface area contributed by atoms with Crippen molar-refractivity contribution in [3.63, 3.8) is 0 Å². The van der Waals surface area contributed by atoms with Crippen LogP contribution in [0.3, 0.4) is 0 Å². The first-order chi connectivity index (χ1) is 9.76. The van der Waals surface area contributed by atoms with E-state index in [1.54, 1.807) is 14.2 Å². The van der Waals surface area contributed by atoms with Crippen LogP contribution in [0.5, 0.6) is 11.5 Å². The maximum Gasteiger partial charge on any atom is 0.203 e. The largest absolute Gasteiger partial charge is 0.493 e. The van der Waals surface area contributed by atoms with Gasteiger partial charge in [-0.2, -0.15) is 0 Å². The number of carbonyl (C=O) groups excluding carboxylic acids is 1. The average molecular weight is 276 g/mol. The highest BCUT2D eigenvalue weighted by Crippen LogP contribution is 2.27. The Hall–Kier alpha value is -1.55. The molecule has 4 heteroatoms. The molecule has 1 atom stereocenters. The highest BCUT2D eigenvalue weighted by Gasteiger charge is 2.19. The summed E-state index contributed by atoms with van der Waals surface area (Å²) in [5, 5.41) is 0. The standard InChI is InChI=1S/C16H22NO3/c1-19-15-6-5-13(10-16(15)20-2)7-9-17-8-3-4-14(11-17)12-18/h5-6,10,14H,3-4,7-9,11H2,1-2H3. The van der Waals surface area contributed by atoms with Crippen molar-refractivity contribution in [1.82, 2.24) is 4.90 Å². The van der Waals surface area contributed by atoms with Gasteiger partial charge in [0.1, 0.15) is 0 Å². The molecule has 1 heterocycles. The van der Waals surface area contributed by atoms with Gasteiger partial charge in [-0.1, -0.05) is 6.07 Å². The van der Waals surface area contributed by atoms with Crippen molar-refractivity contribution in [2.75, 3.05) is 33.9 Å². The third-order valence-electron chi connectivity index (χ3n) is 3.84. The minimum Gasteiger partial charge on any atom is -0.493 e. The second-order valence-corrected chi connectivity index (χ2v) is 5.20. The maximum atomic E-state index is 10.8. The van der Waals surface area contributed by atoms with E-state index < -0.39 is 0 Å². The molecule has 0 bridgehead atoms. The topological polar surface area (TPSA) is 38.8 Å². The van der Waals surface area contributed by atoms with E-state index in [0.717, 1.165) is 50.4 Å². The van der Waals surface area contributed by atoms with Gasteiger partial charge in [0, 0.05) is 19.0 Å². The molecule has 0 spiro atoms. The molecule has 0 aromatic heterocycles. The fourth-order valence-corrected chi connectivity index (χ4v) is 2.68. The van der Waals surface area contributed by atoms with Gasteiger partial charge in [0.05, 0.1) is 14.2 Å². The Morgan fingerprint density at radius 3 is 2.80 bits per heavy atom. The summed E-state index contributed by atoms with van der Waals surface area (Å²) >= 11 is 0. The molecule has 0 amide bonds. The number of rotatable bonds is 6. The molecule has 1 aromatic carbocycles. The molecule has 1 radical (unpaired) electrons. The summed E-state index contributed by atoms with van der Waals surface area (Å²) in [7, 11) is 3.29. The van der Waals surface area contributed by atoms with Gasteiger partial charge >= 0.3 is 0 Å². The molecule has 4 nitrogen and oxygen atoms in total. The Bertz CT molecular complexity index is 447. The lowest BCUT2D eigenvalue weighted by Crippen LogP contribution is -2.37. The molecule has 0 aliphatic carbocycles. The second kappa shape index (κ2) is 7.29. The van der Waals surface area contributed by atoms with Gasteiger partial charge in [-0.3, -0.25) is 4.79 Å². The van der Waals surface area contributed by atoms with Gasteiger partial charge in [-0.25, -0.2) is 0 Å². The monoisotopic (exact) mass is 276 g/mol. The molecule has 1 aliphatic rings. The van der Waals surface area contributed by atoms with E-state index in [4.69, 9.17) is 9.47 Å². The van der Waals surface area contributed by atoms with Crippen LogP contribution in [0.25, 0.3) is 0 Å². The van der Waals surface area contributed by atoms with Gasteiger partial charge < -0.3 is 14.4 Å². The molecule has 1 unspecified atom stereocenters. The minimum absolute atomic E-state index is 0.0918. The second-order valence-electron chi connectivity index (χ2n) is 5.20. The Kier molecular flexibility index (Phi) is 5.41. The number of benzene rings is 1. The van der Waals surface area contributed by atoms with Crippen molar-refractivity contribution < 1.29 is 14.3 Å². The van der Waals surface area contributed by atoms with Gasteiger partial charge in [-0.15, -0.1) is 0 Å². The highest BCUT2D eigenvalue weighted by molar-refractivity contribution is 5.54. The van der Waals surface area contributed by atoms with Crippen molar-refractivity contribution in [1.29, 1.82) is 0 Å². The van der Waals surface area contributed by atoms with E-state index in [2.05, 4.69) is 17.3 Å². The lowest BCUT2D eigenvalue weighted by Gasteiger charge is -2.29. The minimum atomic E-state index is 0.0918. The number of hydrogen-bond donors (Lipinski definition) is 0. The van der Waals surface area contributed by atoms with Crippen LogP contribution >= 0.6 is 0 Å². The lowest BCUT2D eigenvalue weighted by atomic mass is 9.99. The SMILES string of the molecule is COc1ccc(CCN2CCCC([C]=O)C2)cc1OC. The fraction of sp³-hybridized carbons (Fsp3) is 0.562. The summed E-state index contributed by atoms with van der Waals surface area (Å²) in [6.45, 7) is 2.88. The third-order valence-corrected chi connectivity index (χ3v) is 3.84. The van der Waals surface area contributed by atoms with E-state index in [0.29, 0.717) is 0 Å². The summed E-state index contributed by atoms with van der Waals surface area (Å²) < 4.78 is 10.5. The van der Waals surface area contributed by atoms with Crippen LogP contribution in [0.4, 0.5) is 0 Å². The summed E-state index contributed by atoms with van der Waals surface area (Å²) in [6, 6.07) is 6.02. The summed E-state index contributed by atoms with van der Waals surface area (Å²) in [4.78, 5) is 13.1. The summed E-state index contributed by atoms with van der Waals surface area (Å²) in [5.74, 6) is 1.61. The first-order valence-corrected chi connectivity index (χ1v) is 7.07. The van der Waals surface area contributed by atoms with Gasteiger partial charge in [0.2, 0.25) is 6.29 Å². The summed E-state index contributed by atoms with van der Waals surface area (Å²) in [6.07, 6.45) is 5.16. The van der Waals surface area contributed by atoms with Gasteiger partial charge in [0.25, 0.3) is 0 Å². The van der Waals surface area contributed by atoms with Crippen molar-refractivity contribution in [2.45, 2.75) is 19.3 Å². The molecule has 1 fully saturated rings. The predicted molar refractivity (Wildman–Crippen MR) is 78.1 cm³/mol. The average Bonchev–Trinajstić information content (AvgIpc) is 2.52. The first kappa shape index (κ1) is 14.9. The molecule has 2 rings (SSSR count). The predicted octanol–water partition coefficient (Wildman–Crippen LogP) is 2.07. The Morgan fingerprint density at radius 1 is 1.30 bits per heavy atom. The molecule has 109 valence electrons. The smallest absolute Gasteiger partial charge is 0.203 e. The van der Waals surface area contributed by atoms with Crippen LogP contribution in [0, 0.1) is 5.92 Å². The van der Waals surface area contributed by atoms with Crippen LogP contribution in [0.15, 0.2) is 18.2 Å². The Morgan fingerprint density at radius 2 is 2.10 bits per heavy atom. The first-order valence-electron chi connectivity index (χ1n) is 7.07. The van der Waals surface area contributed by atoms with Gasteiger partial charge in [0.15, 0.2) is 11.5 Å². The zero-order valence-electron chi connectivity index (χ0n) is 12.2. The fourth-order valence-electron chi connectivity index (χ4n) is 2.68.